The molecule has 0 amide bonds. The Hall–Kier alpha value is -1.60. The van der Waals surface area contributed by atoms with Crippen LogP contribution in [0.1, 0.15) is 0 Å². The average molecular weight is 231 g/mol. The van der Waals surface area contributed by atoms with Crippen LogP contribution in [0, 0.1) is 5.21 Å². The SMILES string of the molecule is CS(=O)(=O)O.[O-][n+]1cc2ccccc2o1. The molecule has 7 heteroatoms. The van der Waals surface area contributed by atoms with Crippen LogP contribution in [0.5, 0.6) is 0 Å². The summed E-state index contributed by atoms with van der Waals surface area (Å²) in [5.41, 5.74) is 0.623. The molecule has 1 heterocycles. The van der Waals surface area contributed by atoms with Gasteiger partial charge in [0.05, 0.1) is 17.2 Å². The van der Waals surface area contributed by atoms with E-state index in [1.54, 1.807) is 6.07 Å². The molecule has 2 rings (SSSR count). The lowest BCUT2D eigenvalue weighted by atomic mass is 10.3. The Morgan fingerprint density at radius 2 is 1.93 bits per heavy atom. The minimum atomic E-state index is -3.67. The Bertz CT molecular complexity index is 504. The van der Waals surface area contributed by atoms with Crippen molar-refractivity contribution in [3.63, 3.8) is 0 Å². The van der Waals surface area contributed by atoms with Crippen LogP contribution >= 0.6 is 0 Å². The Kier molecular flexibility index (Phi) is 3.28. The van der Waals surface area contributed by atoms with Crippen LogP contribution in [-0.2, 0) is 10.1 Å². The summed E-state index contributed by atoms with van der Waals surface area (Å²) in [5, 5.41) is 11.4. The summed E-state index contributed by atoms with van der Waals surface area (Å²) in [6.45, 7) is 0. The van der Waals surface area contributed by atoms with Crippen molar-refractivity contribution < 1.29 is 22.4 Å². The molecule has 0 saturated heterocycles. The standard InChI is InChI=1S/C7H5NO2.CH4O3S/c9-8-5-6-3-1-2-4-7(6)10-8;1-5(2,3)4/h1-5H;1H3,(H,2,3,4). The first-order valence-electron chi connectivity index (χ1n) is 3.87. The highest BCUT2D eigenvalue weighted by molar-refractivity contribution is 7.85. The molecule has 0 aliphatic rings. The largest absolute Gasteiger partial charge is 0.367 e. The number of para-hydroxylation sites is 1. The van der Waals surface area contributed by atoms with Crippen LogP contribution in [0.3, 0.4) is 0 Å². The van der Waals surface area contributed by atoms with E-state index in [0.29, 0.717) is 16.7 Å². The first-order chi connectivity index (χ1) is 6.86. The van der Waals surface area contributed by atoms with Crippen molar-refractivity contribution in [3.05, 3.63) is 35.7 Å². The van der Waals surface area contributed by atoms with E-state index in [9.17, 15) is 13.6 Å². The van der Waals surface area contributed by atoms with E-state index in [-0.39, 0.29) is 0 Å². The van der Waals surface area contributed by atoms with Gasteiger partial charge in [-0.25, -0.2) is 0 Å². The highest BCUT2D eigenvalue weighted by Crippen LogP contribution is 2.09. The van der Waals surface area contributed by atoms with Gasteiger partial charge in [0.25, 0.3) is 10.1 Å². The maximum atomic E-state index is 10.5. The highest BCUT2D eigenvalue weighted by Gasteiger charge is 1.97. The van der Waals surface area contributed by atoms with Gasteiger partial charge in [0, 0.05) is 4.90 Å². The van der Waals surface area contributed by atoms with Gasteiger partial charge in [-0.3, -0.25) is 9.76 Å². The normalized spacial score (nSPS) is 10.8. The summed E-state index contributed by atoms with van der Waals surface area (Å²) in [7, 11) is -3.67. The van der Waals surface area contributed by atoms with Crippen molar-refractivity contribution >= 4 is 21.1 Å². The molecule has 1 N–H and O–H groups in total. The van der Waals surface area contributed by atoms with Crippen molar-refractivity contribution in [1.82, 2.24) is 0 Å². The molecule has 0 radical (unpaired) electrons. The van der Waals surface area contributed by atoms with Crippen LogP contribution in [0.4, 0.5) is 0 Å². The summed E-state index contributed by atoms with van der Waals surface area (Å²) in [4.78, 5) is 0.449. The highest BCUT2D eigenvalue weighted by atomic mass is 32.2. The molecule has 0 atom stereocenters. The molecular weight excluding hydrogens is 222 g/mol. The van der Waals surface area contributed by atoms with Gasteiger partial charge in [-0.2, -0.15) is 8.42 Å². The fourth-order valence-electron chi connectivity index (χ4n) is 0.907. The molecule has 0 saturated carbocycles. The van der Waals surface area contributed by atoms with Gasteiger partial charge < -0.3 is 4.52 Å². The van der Waals surface area contributed by atoms with Crippen LogP contribution in [0.25, 0.3) is 11.0 Å². The molecule has 82 valence electrons. The number of hydrogen-bond donors (Lipinski definition) is 1. The number of benzene rings is 1. The summed E-state index contributed by atoms with van der Waals surface area (Å²) in [5.74, 6) is 0. The van der Waals surface area contributed by atoms with Crippen molar-refractivity contribution in [2.45, 2.75) is 0 Å². The van der Waals surface area contributed by atoms with Crippen LogP contribution < -0.4 is 4.90 Å². The van der Waals surface area contributed by atoms with Gasteiger partial charge in [0.15, 0.2) is 0 Å². The second-order valence-corrected chi connectivity index (χ2v) is 4.24. The van der Waals surface area contributed by atoms with E-state index in [1.165, 1.54) is 6.20 Å². The number of fused-ring (bicyclic) bond motifs is 1. The van der Waals surface area contributed by atoms with Gasteiger partial charge in [-0.1, -0.05) is 12.1 Å². The maximum Gasteiger partial charge on any atom is 0.261 e. The first-order valence-corrected chi connectivity index (χ1v) is 5.72. The second-order valence-electron chi connectivity index (χ2n) is 2.78. The molecule has 0 unspecified atom stereocenters. The Morgan fingerprint density at radius 1 is 1.40 bits per heavy atom. The molecule has 0 spiro atoms. The van der Waals surface area contributed by atoms with E-state index in [4.69, 9.17) is 9.08 Å². The monoisotopic (exact) mass is 231 g/mol. The summed E-state index contributed by atoms with van der Waals surface area (Å²) < 4.78 is 30.6. The minimum absolute atomic E-state index is 0.449. The van der Waals surface area contributed by atoms with Crippen LogP contribution in [0.15, 0.2) is 35.0 Å². The molecule has 2 aromatic rings. The quantitative estimate of drug-likeness (QED) is 0.528. The number of rotatable bonds is 0. The number of aromatic nitrogens is 1. The van der Waals surface area contributed by atoms with E-state index < -0.39 is 10.1 Å². The van der Waals surface area contributed by atoms with Crippen molar-refractivity contribution in [2.75, 3.05) is 6.26 Å². The molecule has 15 heavy (non-hydrogen) atoms. The number of nitrogens with zero attached hydrogens (tertiary/aromatic N) is 1. The molecule has 6 nitrogen and oxygen atoms in total. The molecule has 0 fully saturated rings. The zero-order valence-corrected chi connectivity index (χ0v) is 8.64. The third-order valence-electron chi connectivity index (χ3n) is 1.35. The lowest BCUT2D eigenvalue weighted by molar-refractivity contribution is -0.788. The summed E-state index contributed by atoms with van der Waals surface area (Å²) in [6.07, 6.45) is 2.11. The minimum Gasteiger partial charge on any atom is -0.367 e. The molecule has 0 bridgehead atoms. The molecule has 1 aromatic heterocycles. The predicted octanol–water partition coefficient (Wildman–Crippen LogP) is 0.570. The van der Waals surface area contributed by atoms with Crippen molar-refractivity contribution in [3.8, 4) is 0 Å². The Morgan fingerprint density at radius 3 is 2.47 bits per heavy atom. The smallest absolute Gasteiger partial charge is 0.261 e. The third kappa shape index (κ3) is 4.43. The topological polar surface area (TPSA) is 94.5 Å². The van der Waals surface area contributed by atoms with E-state index in [2.05, 4.69) is 0 Å². The zero-order chi connectivity index (χ0) is 11.5. The van der Waals surface area contributed by atoms with Gasteiger partial charge in [-0.05, 0) is 12.1 Å². The Balaban J connectivity index is 0.000000195. The number of hydrogen-bond acceptors (Lipinski definition) is 4. The van der Waals surface area contributed by atoms with Crippen molar-refractivity contribution in [1.29, 1.82) is 0 Å². The van der Waals surface area contributed by atoms with Crippen LogP contribution in [0.2, 0.25) is 0 Å². The lowest BCUT2D eigenvalue weighted by Crippen LogP contribution is -2.19. The third-order valence-corrected chi connectivity index (χ3v) is 1.35. The molecule has 0 aliphatic heterocycles. The average Bonchev–Trinajstić information content (AvgIpc) is 2.40. The van der Waals surface area contributed by atoms with E-state index >= 15 is 0 Å². The van der Waals surface area contributed by atoms with E-state index in [0.717, 1.165) is 5.39 Å². The lowest BCUT2D eigenvalue weighted by Gasteiger charge is -1.81. The zero-order valence-electron chi connectivity index (χ0n) is 7.82. The Labute approximate surface area is 86.0 Å². The maximum absolute atomic E-state index is 10.5. The molecular formula is C8H9NO5S. The van der Waals surface area contributed by atoms with E-state index in [1.807, 2.05) is 18.2 Å². The fourth-order valence-corrected chi connectivity index (χ4v) is 0.907. The van der Waals surface area contributed by atoms with Gasteiger partial charge in [0.1, 0.15) is 0 Å². The molecule has 0 aliphatic carbocycles. The predicted molar refractivity (Wildman–Crippen MR) is 52.6 cm³/mol. The summed E-state index contributed by atoms with van der Waals surface area (Å²) in [6, 6.07) is 7.26. The van der Waals surface area contributed by atoms with Gasteiger partial charge in [0.2, 0.25) is 6.20 Å². The molecule has 1 aromatic carbocycles. The van der Waals surface area contributed by atoms with Gasteiger partial charge >= 0.3 is 0 Å². The van der Waals surface area contributed by atoms with Crippen molar-refractivity contribution in [2.24, 2.45) is 0 Å². The summed E-state index contributed by atoms with van der Waals surface area (Å²) >= 11 is 0. The van der Waals surface area contributed by atoms with Crippen LogP contribution in [-0.4, -0.2) is 19.2 Å². The second kappa shape index (κ2) is 4.28. The van der Waals surface area contributed by atoms with Gasteiger partial charge in [-0.15, -0.1) is 0 Å². The fraction of sp³-hybridized carbons (Fsp3) is 0.125. The first kappa shape index (κ1) is 11.5.